The zero-order valence-corrected chi connectivity index (χ0v) is 13.3. The Labute approximate surface area is 143 Å². The highest BCUT2D eigenvalue weighted by Gasteiger charge is 2.20. The second-order valence-electron chi connectivity index (χ2n) is 5.29. The van der Waals surface area contributed by atoms with Crippen LogP contribution >= 0.6 is 0 Å². The van der Waals surface area contributed by atoms with Crippen molar-refractivity contribution in [3.05, 3.63) is 65.5 Å². The lowest BCUT2D eigenvalue weighted by Crippen LogP contribution is -2.32. The molecule has 7 heteroatoms. The fraction of sp³-hybridized carbons (Fsp3) is 0.222. The average molecular weight is 347 g/mol. The number of hydrogen-bond acceptors (Lipinski definition) is 5. The van der Waals surface area contributed by atoms with Crippen molar-refractivity contribution in [2.75, 3.05) is 6.61 Å². The van der Waals surface area contributed by atoms with E-state index in [2.05, 4.69) is 5.32 Å². The molecule has 0 aliphatic carbocycles. The van der Waals surface area contributed by atoms with Gasteiger partial charge in [-0.2, -0.15) is 0 Å². The Balaban J connectivity index is 2.06. The van der Waals surface area contributed by atoms with Crippen LogP contribution in [-0.4, -0.2) is 28.8 Å². The SMILES string of the molecule is O=C(NC(=O)c1ccccc1)O[C@@H](CCCO)c1ccc(O)c(F)c1. The van der Waals surface area contributed by atoms with E-state index in [0.717, 1.165) is 12.1 Å². The third kappa shape index (κ3) is 5.29. The molecule has 0 radical (unpaired) electrons. The van der Waals surface area contributed by atoms with Crippen molar-refractivity contribution in [3.63, 3.8) is 0 Å². The number of ether oxygens (including phenoxy) is 1. The lowest BCUT2D eigenvalue weighted by molar-refractivity contribution is 0.0769. The Morgan fingerprint density at radius 1 is 1.16 bits per heavy atom. The van der Waals surface area contributed by atoms with Crippen LogP contribution in [0.25, 0.3) is 0 Å². The summed E-state index contributed by atoms with van der Waals surface area (Å²) in [5, 5.41) is 20.3. The Bertz CT molecular complexity index is 736. The smallest absolute Gasteiger partial charge is 0.414 e. The highest BCUT2D eigenvalue weighted by atomic mass is 19.1. The largest absolute Gasteiger partial charge is 0.505 e. The second kappa shape index (κ2) is 8.79. The number of aliphatic hydroxyl groups is 1. The topological polar surface area (TPSA) is 95.9 Å². The highest BCUT2D eigenvalue weighted by molar-refractivity contribution is 6.02. The summed E-state index contributed by atoms with van der Waals surface area (Å²) in [6.07, 6.45) is -1.31. The summed E-state index contributed by atoms with van der Waals surface area (Å²) in [5.41, 5.74) is 0.605. The first-order valence-electron chi connectivity index (χ1n) is 7.67. The van der Waals surface area contributed by atoms with Gasteiger partial charge in [-0.15, -0.1) is 0 Å². The Morgan fingerprint density at radius 2 is 1.88 bits per heavy atom. The molecule has 0 bridgehead atoms. The minimum absolute atomic E-state index is 0.134. The standard InChI is InChI=1S/C18H18FNO5/c19-14-11-13(8-9-15(14)22)16(7-4-10-21)25-18(24)20-17(23)12-5-2-1-3-6-12/h1-3,5-6,8-9,11,16,21-22H,4,7,10H2,(H,20,23,24)/t16-/m0/s1. The maximum atomic E-state index is 13.5. The molecule has 0 saturated carbocycles. The van der Waals surface area contributed by atoms with Gasteiger partial charge >= 0.3 is 6.09 Å². The number of aromatic hydroxyl groups is 1. The van der Waals surface area contributed by atoms with Crippen molar-refractivity contribution in [1.29, 1.82) is 0 Å². The van der Waals surface area contributed by atoms with Crippen LogP contribution in [0, 0.1) is 5.82 Å². The summed E-state index contributed by atoms with van der Waals surface area (Å²) in [4.78, 5) is 23.9. The van der Waals surface area contributed by atoms with Crippen molar-refractivity contribution in [1.82, 2.24) is 5.32 Å². The number of rotatable bonds is 6. The van der Waals surface area contributed by atoms with E-state index in [9.17, 15) is 19.1 Å². The van der Waals surface area contributed by atoms with Gasteiger partial charge in [0.05, 0.1) is 0 Å². The summed E-state index contributed by atoms with van der Waals surface area (Å²) in [6, 6.07) is 11.7. The van der Waals surface area contributed by atoms with Crippen LogP contribution in [0.5, 0.6) is 5.75 Å². The molecule has 132 valence electrons. The molecular formula is C18H18FNO5. The number of phenolic OH excluding ortho intramolecular Hbond substituents is 1. The maximum Gasteiger partial charge on any atom is 0.414 e. The number of amides is 2. The normalized spacial score (nSPS) is 11.6. The molecule has 0 spiro atoms. The molecule has 2 aromatic carbocycles. The van der Waals surface area contributed by atoms with E-state index in [-0.39, 0.29) is 13.0 Å². The van der Waals surface area contributed by atoms with Crippen molar-refractivity contribution in [3.8, 4) is 5.75 Å². The molecule has 0 aliphatic rings. The van der Waals surface area contributed by atoms with Crippen molar-refractivity contribution < 1.29 is 28.9 Å². The first kappa shape index (κ1) is 18.4. The third-order valence-corrected chi connectivity index (χ3v) is 3.47. The van der Waals surface area contributed by atoms with E-state index in [1.54, 1.807) is 30.3 Å². The van der Waals surface area contributed by atoms with Crippen LogP contribution in [0.2, 0.25) is 0 Å². The number of carbonyl (C=O) groups is 2. The average Bonchev–Trinajstić information content (AvgIpc) is 2.61. The van der Waals surface area contributed by atoms with Crippen molar-refractivity contribution in [2.45, 2.75) is 18.9 Å². The van der Waals surface area contributed by atoms with Crippen LogP contribution in [0.4, 0.5) is 9.18 Å². The molecule has 1 atom stereocenters. The van der Waals surface area contributed by atoms with Crippen molar-refractivity contribution >= 4 is 12.0 Å². The second-order valence-corrected chi connectivity index (χ2v) is 5.29. The molecule has 25 heavy (non-hydrogen) atoms. The molecule has 0 aliphatic heterocycles. The van der Waals surface area contributed by atoms with Gasteiger partial charge in [-0.3, -0.25) is 10.1 Å². The van der Waals surface area contributed by atoms with Crippen molar-refractivity contribution in [2.24, 2.45) is 0 Å². The van der Waals surface area contributed by atoms with E-state index in [4.69, 9.17) is 9.84 Å². The molecular weight excluding hydrogens is 329 g/mol. The van der Waals surface area contributed by atoms with E-state index in [1.807, 2.05) is 0 Å². The van der Waals surface area contributed by atoms with Crippen LogP contribution in [0.3, 0.4) is 0 Å². The van der Waals surface area contributed by atoms with Gasteiger partial charge in [-0.25, -0.2) is 9.18 Å². The molecule has 0 fully saturated rings. The van der Waals surface area contributed by atoms with Crippen LogP contribution in [0.1, 0.15) is 34.9 Å². The van der Waals surface area contributed by atoms with E-state index < -0.39 is 29.7 Å². The quantitative estimate of drug-likeness (QED) is 0.747. The van der Waals surface area contributed by atoms with Gasteiger partial charge in [0.25, 0.3) is 5.91 Å². The molecule has 0 unspecified atom stereocenters. The van der Waals surface area contributed by atoms with Gasteiger partial charge in [-0.1, -0.05) is 24.3 Å². The van der Waals surface area contributed by atoms with Crippen LogP contribution in [0.15, 0.2) is 48.5 Å². The van der Waals surface area contributed by atoms with E-state index >= 15 is 0 Å². The number of aliphatic hydroxyl groups excluding tert-OH is 1. The molecule has 0 saturated heterocycles. The summed E-state index contributed by atoms with van der Waals surface area (Å²) >= 11 is 0. The number of imide groups is 1. The number of benzene rings is 2. The molecule has 3 N–H and O–H groups in total. The lowest BCUT2D eigenvalue weighted by Gasteiger charge is -2.18. The molecule has 2 aromatic rings. The van der Waals surface area contributed by atoms with Crippen LogP contribution in [-0.2, 0) is 4.74 Å². The molecule has 0 aromatic heterocycles. The van der Waals surface area contributed by atoms with Gasteiger partial charge in [0.15, 0.2) is 11.6 Å². The molecule has 0 heterocycles. The molecule has 2 amide bonds. The predicted octanol–water partition coefficient (Wildman–Crippen LogP) is 2.91. The number of hydrogen-bond donors (Lipinski definition) is 3. The monoisotopic (exact) mass is 347 g/mol. The van der Waals surface area contributed by atoms with Gasteiger partial charge in [-0.05, 0) is 42.7 Å². The van der Waals surface area contributed by atoms with E-state index in [0.29, 0.717) is 17.5 Å². The maximum absolute atomic E-state index is 13.5. The first-order chi connectivity index (χ1) is 12.0. The summed E-state index contributed by atoms with van der Waals surface area (Å²) in [5.74, 6) is -1.99. The molecule has 6 nitrogen and oxygen atoms in total. The predicted molar refractivity (Wildman–Crippen MR) is 87.5 cm³/mol. The third-order valence-electron chi connectivity index (χ3n) is 3.47. The zero-order chi connectivity index (χ0) is 18.2. The Hall–Kier alpha value is -2.93. The first-order valence-corrected chi connectivity index (χ1v) is 7.67. The number of carbonyl (C=O) groups excluding carboxylic acids is 2. The number of halogens is 1. The molecule has 2 rings (SSSR count). The van der Waals surface area contributed by atoms with Gasteiger partial charge in [0, 0.05) is 12.2 Å². The van der Waals surface area contributed by atoms with Gasteiger partial charge < -0.3 is 14.9 Å². The van der Waals surface area contributed by atoms with Gasteiger partial charge in [0.1, 0.15) is 6.10 Å². The van der Waals surface area contributed by atoms with Crippen LogP contribution < -0.4 is 5.32 Å². The minimum Gasteiger partial charge on any atom is -0.505 e. The fourth-order valence-electron chi connectivity index (χ4n) is 2.21. The zero-order valence-electron chi connectivity index (χ0n) is 13.3. The highest BCUT2D eigenvalue weighted by Crippen LogP contribution is 2.26. The number of nitrogens with one attached hydrogen (secondary N) is 1. The van der Waals surface area contributed by atoms with E-state index in [1.165, 1.54) is 6.07 Å². The summed E-state index contributed by atoms with van der Waals surface area (Å²) in [7, 11) is 0. The lowest BCUT2D eigenvalue weighted by atomic mass is 10.0. The fourth-order valence-corrected chi connectivity index (χ4v) is 2.21. The number of alkyl carbamates (subject to hydrolysis) is 1. The summed E-state index contributed by atoms with van der Waals surface area (Å²) in [6.45, 7) is -0.134. The Morgan fingerprint density at radius 3 is 2.52 bits per heavy atom. The summed E-state index contributed by atoms with van der Waals surface area (Å²) < 4.78 is 18.7. The number of phenols is 1. The Kier molecular flexibility index (Phi) is 6.47. The minimum atomic E-state index is -0.981. The van der Waals surface area contributed by atoms with Gasteiger partial charge in [0.2, 0.25) is 0 Å².